The lowest BCUT2D eigenvalue weighted by Gasteiger charge is -2.33. The summed E-state index contributed by atoms with van der Waals surface area (Å²) >= 11 is 0. The molecule has 0 spiro atoms. The number of ether oxygens (including phenoxy) is 6. The van der Waals surface area contributed by atoms with Crippen molar-refractivity contribution in [3.63, 3.8) is 0 Å². The minimum atomic E-state index is -0.631. The lowest BCUT2D eigenvalue weighted by atomic mass is 9.71. The second-order valence-corrected chi connectivity index (χ2v) is 9.49. The van der Waals surface area contributed by atoms with E-state index in [0.717, 1.165) is 35.1 Å². The topological polar surface area (TPSA) is 84.8 Å². The summed E-state index contributed by atoms with van der Waals surface area (Å²) < 4.78 is 33.5. The molecular weight excluding hydrogens is 474 g/mol. The number of rotatable bonds is 7. The highest BCUT2D eigenvalue weighted by molar-refractivity contribution is 5.97. The molecular formula is C29H33NO7. The Balaban J connectivity index is 1.69. The van der Waals surface area contributed by atoms with E-state index in [9.17, 15) is 4.79 Å². The van der Waals surface area contributed by atoms with Gasteiger partial charge in [-0.1, -0.05) is 19.3 Å². The molecule has 2 aliphatic carbocycles. The van der Waals surface area contributed by atoms with Crippen molar-refractivity contribution in [3.05, 3.63) is 46.5 Å². The van der Waals surface area contributed by atoms with E-state index in [1.807, 2.05) is 36.6 Å². The summed E-state index contributed by atoms with van der Waals surface area (Å²) in [5.74, 6) is 1.44. The van der Waals surface area contributed by atoms with Crippen LogP contribution in [0.5, 0.6) is 28.7 Å². The molecule has 8 nitrogen and oxygen atoms in total. The molecule has 0 N–H and O–H groups in total. The normalized spacial score (nSPS) is 20.8. The molecule has 1 heterocycles. The maximum atomic E-state index is 13.4. The van der Waals surface area contributed by atoms with Gasteiger partial charge in [-0.05, 0) is 65.4 Å². The maximum absolute atomic E-state index is 13.4. The first-order chi connectivity index (χ1) is 18.1. The molecule has 5 rings (SSSR count). The zero-order valence-electron chi connectivity index (χ0n) is 21.7. The van der Waals surface area contributed by atoms with E-state index in [2.05, 4.69) is 0 Å². The summed E-state index contributed by atoms with van der Waals surface area (Å²) in [6, 6.07) is 7.96. The SMILES string of the molecule is COC(=O)[C@@H]1C(C=NC2CCCCC2)=Cc2cc3c(cc2[C@H]1c1cc(OC)c(OC)c(OC)c1)OCO3. The van der Waals surface area contributed by atoms with Gasteiger partial charge in [-0.2, -0.15) is 0 Å². The number of aliphatic imine (C=N–C) groups is 1. The highest BCUT2D eigenvalue weighted by Gasteiger charge is 2.40. The molecule has 0 bridgehead atoms. The smallest absolute Gasteiger partial charge is 0.314 e. The third-order valence-electron chi connectivity index (χ3n) is 7.44. The van der Waals surface area contributed by atoms with Crippen LogP contribution >= 0.6 is 0 Å². The van der Waals surface area contributed by atoms with Crippen molar-refractivity contribution in [2.24, 2.45) is 10.9 Å². The molecule has 0 aromatic heterocycles. The van der Waals surface area contributed by atoms with E-state index in [-0.39, 0.29) is 18.8 Å². The summed E-state index contributed by atoms with van der Waals surface area (Å²) in [6.45, 7) is 0.160. The summed E-state index contributed by atoms with van der Waals surface area (Å²) in [6.07, 6.45) is 9.64. The first-order valence-electron chi connectivity index (χ1n) is 12.6. The third kappa shape index (κ3) is 4.72. The number of esters is 1. The van der Waals surface area contributed by atoms with Gasteiger partial charge in [-0.25, -0.2) is 0 Å². The standard InChI is InChI=1S/C29H33NO7/c1-32-24-12-18(13-25(33-2)28(24)34-3)26-21-14-23-22(36-16-37-23)11-17(21)10-19(27(26)29(31)35-4)15-30-20-8-6-5-7-9-20/h10-15,20,26-27H,5-9,16H2,1-4H3/t26-,27-/m1/s1. The average molecular weight is 508 g/mol. The Kier molecular flexibility index (Phi) is 7.26. The van der Waals surface area contributed by atoms with Crippen molar-refractivity contribution >= 4 is 18.3 Å². The fourth-order valence-corrected chi connectivity index (χ4v) is 5.60. The van der Waals surface area contributed by atoms with Crippen molar-refractivity contribution < 1.29 is 33.2 Å². The van der Waals surface area contributed by atoms with Crippen LogP contribution in [-0.4, -0.2) is 53.5 Å². The summed E-state index contributed by atoms with van der Waals surface area (Å²) in [5.41, 5.74) is 3.47. The van der Waals surface area contributed by atoms with Crippen LogP contribution in [0.3, 0.4) is 0 Å². The second kappa shape index (κ2) is 10.7. The van der Waals surface area contributed by atoms with Crippen LogP contribution in [0.15, 0.2) is 34.8 Å². The molecule has 0 saturated heterocycles. The highest BCUT2D eigenvalue weighted by Crippen LogP contribution is 2.50. The van der Waals surface area contributed by atoms with Crippen molar-refractivity contribution in [3.8, 4) is 28.7 Å². The van der Waals surface area contributed by atoms with Gasteiger partial charge in [-0.3, -0.25) is 9.79 Å². The predicted molar refractivity (Wildman–Crippen MR) is 139 cm³/mol. The molecule has 0 unspecified atom stereocenters. The van der Waals surface area contributed by atoms with Gasteiger partial charge in [-0.15, -0.1) is 0 Å². The third-order valence-corrected chi connectivity index (χ3v) is 7.44. The Labute approximate surface area is 217 Å². The molecule has 1 fully saturated rings. The summed E-state index contributed by atoms with van der Waals surface area (Å²) in [7, 11) is 6.14. The number of hydrogen-bond acceptors (Lipinski definition) is 8. The fourth-order valence-electron chi connectivity index (χ4n) is 5.60. The Hall–Kier alpha value is -3.68. The van der Waals surface area contributed by atoms with Crippen LogP contribution in [0.1, 0.15) is 54.7 Å². The predicted octanol–water partition coefficient (Wildman–Crippen LogP) is 5.16. The minimum Gasteiger partial charge on any atom is -0.493 e. The maximum Gasteiger partial charge on any atom is 0.314 e. The molecule has 8 heteroatoms. The van der Waals surface area contributed by atoms with Crippen LogP contribution in [0.25, 0.3) is 6.08 Å². The molecule has 2 aromatic carbocycles. The quantitative estimate of drug-likeness (QED) is 0.378. The van der Waals surface area contributed by atoms with Gasteiger partial charge >= 0.3 is 5.97 Å². The second-order valence-electron chi connectivity index (χ2n) is 9.49. The number of nitrogens with zero attached hydrogens (tertiary/aromatic N) is 1. The van der Waals surface area contributed by atoms with E-state index < -0.39 is 11.8 Å². The van der Waals surface area contributed by atoms with Crippen molar-refractivity contribution in [1.29, 1.82) is 0 Å². The molecule has 196 valence electrons. The zero-order valence-corrected chi connectivity index (χ0v) is 21.7. The molecule has 1 aliphatic heterocycles. The van der Waals surface area contributed by atoms with E-state index in [0.29, 0.717) is 28.7 Å². The van der Waals surface area contributed by atoms with Gasteiger partial charge in [0.1, 0.15) is 0 Å². The van der Waals surface area contributed by atoms with Gasteiger partial charge < -0.3 is 28.4 Å². The van der Waals surface area contributed by atoms with Gasteiger partial charge in [0.25, 0.3) is 0 Å². The molecule has 37 heavy (non-hydrogen) atoms. The number of fused-ring (bicyclic) bond motifs is 2. The fraction of sp³-hybridized carbons (Fsp3) is 0.448. The Morgan fingerprint density at radius 2 is 1.59 bits per heavy atom. The van der Waals surface area contributed by atoms with Gasteiger partial charge in [0.2, 0.25) is 12.5 Å². The van der Waals surface area contributed by atoms with Crippen LogP contribution in [0.2, 0.25) is 0 Å². The largest absolute Gasteiger partial charge is 0.493 e. The number of carbonyl (C=O) groups is 1. The van der Waals surface area contributed by atoms with Gasteiger partial charge in [0.05, 0.1) is 34.4 Å². The molecule has 0 amide bonds. The molecule has 1 saturated carbocycles. The van der Waals surface area contributed by atoms with Gasteiger partial charge in [0.15, 0.2) is 23.0 Å². The first-order valence-corrected chi connectivity index (χ1v) is 12.6. The molecule has 3 aliphatic rings. The van der Waals surface area contributed by atoms with E-state index in [1.165, 1.54) is 26.4 Å². The lowest BCUT2D eigenvalue weighted by molar-refractivity contribution is -0.144. The van der Waals surface area contributed by atoms with Crippen LogP contribution in [-0.2, 0) is 9.53 Å². The van der Waals surface area contributed by atoms with Crippen molar-refractivity contribution in [2.45, 2.75) is 44.1 Å². The molecule has 0 radical (unpaired) electrons. The number of benzene rings is 2. The Morgan fingerprint density at radius 3 is 2.22 bits per heavy atom. The Bertz CT molecular complexity index is 1200. The Morgan fingerprint density at radius 1 is 0.919 bits per heavy atom. The van der Waals surface area contributed by atoms with E-state index >= 15 is 0 Å². The van der Waals surface area contributed by atoms with E-state index in [4.69, 9.17) is 33.4 Å². The minimum absolute atomic E-state index is 0.160. The van der Waals surface area contributed by atoms with E-state index in [1.54, 1.807) is 21.3 Å². The average Bonchev–Trinajstić information content (AvgIpc) is 3.40. The van der Waals surface area contributed by atoms with Crippen LogP contribution < -0.4 is 23.7 Å². The summed E-state index contributed by atoms with van der Waals surface area (Å²) in [5, 5.41) is 0. The van der Waals surface area contributed by atoms with Gasteiger partial charge in [0, 0.05) is 18.2 Å². The van der Waals surface area contributed by atoms with Crippen molar-refractivity contribution in [2.75, 3.05) is 35.2 Å². The number of carbonyl (C=O) groups excluding carboxylic acids is 1. The zero-order chi connectivity index (χ0) is 25.9. The first kappa shape index (κ1) is 25.0. The number of methoxy groups -OCH3 is 4. The van der Waals surface area contributed by atoms with Crippen LogP contribution in [0.4, 0.5) is 0 Å². The lowest BCUT2D eigenvalue weighted by Crippen LogP contribution is -2.30. The highest BCUT2D eigenvalue weighted by atomic mass is 16.7. The molecule has 2 aromatic rings. The van der Waals surface area contributed by atoms with Crippen molar-refractivity contribution in [1.82, 2.24) is 0 Å². The summed E-state index contributed by atoms with van der Waals surface area (Å²) in [4.78, 5) is 18.3. The monoisotopic (exact) mass is 507 g/mol. The number of hydrogen-bond donors (Lipinski definition) is 0. The van der Waals surface area contributed by atoms with Crippen LogP contribution in [0, 0.1) is 5.92 Å². The molecule has 2 atom stereocenters.